The van der Waals surface area contributed by atoms with Gasteiger partial charge in [0, 0.05) is 13.0 Å². The van der Waals surface area contributed by atoms with Crippen molar-refractivity contribution in [1.29, 1.82) is 0 Å². The van der Waals surface area contributed by atoms with Gasteiger partial charge in [-0.1, -0.05) is 13.3 Å². The van der Waals surface area contributed by atoms with Crippen molar-refractivity contribution in [3.05, 3.63) is 11.6 Å². The highest BCUT2D eigenvalue weighted by molar-refractivity contribution is 5.77. The van der Waals surface area contributed by atoms with Crippen LogP contribution in [0.15, 0.2) is 0 Å². The minimum atomic E-state index is -0.274. The number of ether oxygens (including phenoxy) is 1. The molecule has 1 unspecified atom stereocenters. The second-order valence-electron chi connectivity index (χ2n) is 4.65. The number of nitrogens with zero attached hydrogens (tertiary/aromatic N) is 3. The normalized spacial score (nSPS) is 16.8. The Bertz CT molecular complexity index is 414. The smallest absolute Gasteiger partial charge is 0.316 e. The number of aryl methyl sites for hydroxylation is 1. The molecule has 1 aliphatic heterocycles. The van der Waals surface area contributed by atoms with Gasteiger partial charge in [-0.15, -0.1) is 10.2 Å². The van der Waals surface area contributed by atoms with Crippen molar-refractivity contribution >= 4 is 5.97 Å². The summed E-state index contributed by atoms with van der Waals surface area (Å²) >= 11 is 0. The first kappa shape index (κ1) is 13.1. The Morgan fingerprint density at radius 2 is 2.17 bits per heavy atom. The summed E-state index contributed by atoms with van der Waals surface area (Å²) in [5.41, 5.74) is 0. The third-order valence-corrected chi connectivity index (χ3v) is 3.43. The molecule has 1 aliphatic rings. The van der Waals surface area contributed by atoms with E-state index in [0.717, 1.165) is 37.5 Å². The average molecular weight is 251 g/mol. The maximum atomic E-state index is 11.9. The number of carbonyl (C=O) groups excluding carboxylic acids is 1. The molecule has 1 aromatic heterocycles. The third kappa shape index (κ3) is 2.54. The molecule has 2 heterocycles. The van der Waals surface area contributed by atoms with E-state index in [4.69, 9.17) is 4.74 Å². The first-order valence-corrected chi connectivity index (χ1v) is 6.86. The molecule has 0 aliphatic carbocycles. The van der Waals surface area contributed by atoms with Crippen LogP contribution in [0.1, 0.15) is 57.1 Å². The fourth-order valence-electron chi connectivity index (χ4n) is 2.46. The molecule has 5 nitrogen and oxygen atoms in total. The van der Waals surface area contributed by atoms with Gasteiger partial charge in [-0.25, -0.2) is 0 Å². The highest BCUT2D eigenvalue weighted by Crippen LogP contribution is 2.23. The first-order valence-electron chi connectivity index (χ1n) is 6.86. The molecular formula is C13H21N3O2. The van der Waals surface area contributed by atoms with Crippen molar-refractivity contribution < 1.29 is 9.53 Å². The summed E-state index contributed by atoms with van der Waals surface area (Å²) in [6.45, 7) is 5.15. The van der Waals surface area contributed by atoms with E-state index in [-0.39, 0.29) is 11.9 Å². The molecule has 5 heteroatoms. The van der Waals surface area contributed by atoms with Crippen LogP contribution in [-0.2, 0) is 22.5 Å². The van der Waals surface area contributed by atoms with E-state index in [9.17, 15) is 4.79 Å². The zero-order valence-corrected chi connectivity index (χ0v) is 11.2. The lowest BCUT2D eigenvalue weighted by atomic mass is 10.1. The molecule has 0 N–H and O–H groups in total. The van der Waals surface area contributed by atoms with Gasteiger partial charge < -0.3 is 9.30 Å². The predicted octanol–water partition coefficient (Wildman–Crippen LogP) is 2.06. The fourth-order valence-corrected chi connectivity index (χ4v) is 2.46. The summed E-state index contributed by atoms with van der Waals surface area (Å²) in [5, 5.41) is 8.46. The molecule has 0 spiro atoms. The topological polar surface area (TPSA) is 57.0 Å². The van der Waals surface area contributed by atoms with Crippen molar-refractivity contribution in [3.8, 4) is 0 Å². The number of hydrogen-bond acceptors (Lipinski definition) is 4. The Kier molecular flexibility index (Phi) is 4.33. The van der Waals surface area contributed by atoms with Crippen molar-refractivity contribution in [3.63, 3.8) is 0 Å². The number of fused-ring (bicyclic) bond motifs is 1. The van der Waals surface area contributed by atoms with Crippen LogP contribution in [-0.4, -0.2) is 27.3 Å². The molecule has 0 bridgehead atoms. The van der Waals surface area contributed by atoms with E-state index >= 15 is 0 Å². The van der Waals surface area contributed by atoms with Gasteiger partial charge >= 0.3 is 5.97 Å². The molecule has 0 amide bonds. The second-order valence-corrected chi connectivity index (χ2v) is 4.65. The van der Waals surface area contributed by atoms with Gasteiger partial charge in [0.1, 0.15) is 17.6 Å². The van der Waals surface area contributed by atoms with Crippen molar-refractivity contribution in [2.75, 3.05) is 6.61 Å². The predicted molar refractivity (Wildman–Crippen MR) is 67.2 cm³/mol. The number of carbonyl (C=O) groups is 1. The maximum Gasteiger partial charge on any atom is 0.316 e. The molecule has 100 valence electrons. The fraction of sp³-hybridized carbons (Fsp3) is 0.769. The number of rotatable bonds is 4. The molecule has 0 radical (unpaired) electrons. The van der Waals surface area contributed by atoms with E-state index in [1.807, 2.05) is 13.8 Å². The largest absolute Gasteiger partial charge is 0.465 e. The van der Waals surface area contributed by atoms with Crippen LogP contribution in [0, 0.1) is 0 Å². The molecule has 1 atom stereocenters. The lowest BCUT2D eigenvalue weighted by Crippen LogP contribution is -2.20. The summed E-state index contributed by atoms with van der Waals surface area (Å²) in [4.78, 5) is 11.9. The lowest BCUT2D eigenvalue weighted by molar-refractivity contribution is -0.145. The Labute approximate surface area is 108 Å². The Hall–Kier alpha value is -1.39. The van der Waals surface area contributed by atoms with Crippen LogP contribution in [0.3, 0.4) is 0 Å². The van der Waals surface area contributed by atoms with Gasteiger partial charge in [-0.05, 0) is 26.2 Å². The van der Waals surface area contributed by atoms with Crippen LogP contribution in [0.4, 0.5) is 0 Å². The molecule has 18 heavy (non-hydrogen) atoms. The minimum Gasteiger partial charge on any atom is -0.465 e. The molecule has 0 saturated heterocycles. The van der Waals surface area contributed by atoms with E-state index in [0.29, 0.717) is 13.0 Å². The SMILES string of the molecule is CCOC(=O)C(CC)c1nnc2n1CCCCC2. The monoisotopic (exact) mass is 251 g/mol. The average Bonchev–Trinajstić information content (AvgIpc) is 2.61. The highest BCUT2D eigenvalue weighted by atomic mass is 16.5. The van der Waals surface area contributed by atoms with Crippen molar-refractivity contribution in [1.82, 2.24) is 14.8 Å². The van der Waals surface area contributed by atoms with E-state index in [1.54, 1.807) is 0 Å². The molecular weight excluding hydrogens is 230 g/mol. The van der Waals surface area contributed by atoms with Crippen LogP contribution in [0.25, 0.3) is 0 Å². The second kappa shape index (κ2) is 5.98. The third-order valence-electron chi connectivity index (χ3n) is 3.43. The molecule has 0 fully saturated rings. The molecule has 0 saturated carbocycles. The van der Waals surface area contributed by atoms with Crippen molar-refractivity contribution in [2.45, 2.75) is 58.4 Å². The summed E-state index contributed by atoms with van der Waals surface area (Å²) in [7, 11) is 0. The summed E-state index contributed by atoms with van der Waals surface area (Å²) in [5.74, 6) is 1.35. The zero-order valence-electron chi connectivity index (χ0n) is 11.2. The van der Waals surface area contributed by atoms with Crippen LogP contribution < -0.4 is 0 Å². The molecule has 1 aromatic rings. The molecule has 0 aromatic carbocycles. The van der Waals surface area contributed by atoms with Crippen LogP contribution in [0.5, 0.6) is 0 Å². The number of hydrogen-bond donors (Lipinski definition) is 0. The maximum absolute atomic E-state index is 11.9. The standard InChI is InChI=1S/C13H21N3O2/c1-3-10(13(17)18-4-2)12-15-14-11-8-6-5-7-9-16(11)12/h10H,3-9H2,1-2H3. The summed E-state index contributed by atoms with van der Waals surface area (Å²) in [6.07, 6.45) is 5.19. The Morgan fingerprint density at radius 3 is 2.89 bits per heavy atom. The van der Waals surface area contributed by atoms with Crippen LogP contribution >= 0.6 is 0 Å². The Balaban J connectivity index is 2.25. The quantitative estimate of drug-likeness (QED) is 0.769. The van der Waals surface area contributed by atoms with E-state index in [2.05, 4.69) is 14.8 Å². The van der Waals surface area contributed by atoms with Gasteiger partial charge in [0.05, 0.1) is 6.61 Å². The highest BCUT2D eigenvalue weighted by Gasteiger charge is 2.27. The van der Waals surface area contributed by atoms with Gasteiger partial charge in [0.2, 0.25) is 0 Å². The van der Waals surface area contributed by atoms with E-state index in [1.165, 1.54) is 6.42 Å². The lowest BCUT2D eigenvalue weighted by Gasteiger charge is -2.14. The van der Waals surface area contributed by atoms with Gasteiger partial charge in [-0.3, -0.25) is 4.79 Å². The van der Waals surface area contributed by atoms with Gasteiger partial charge in [0.25, 0.3) is 0 Å². The van der Waals surface area contributed by atoms with E-state index < -0.39 is 0 Å². The summed E-state index contributed by atoms with van der Waals surface area (Å²) < 4.78 is 7.24. The Morgan fingerprint density at radius 1 is 1.33 bits per heavy atom. The van der Waals surface area contributed by atoms with Gasteiger partial charge in [-0.2, -0.15) is 0 Å². The van der Waals surface area contributed by atoms with Crippen LogP contribution in [0.2, 0.25) is 0 Å². The number of esters is 1. The first-order chi connectivity index (χ1) is 8.77. The minimum absolute atomic E-state index is 0.181. The van der Waals surface area contributed by atoms with Gasteiger partial charge in [0.15, 0.2) is 0 Å². The number of aromatic nitrogens is 3. The zero-order chi connectivity index (χ0) is 13.0. The molecule has 2 rings (SSSR count). The summed E-state index contributed by atoms with van der Waals surface area (Å²) in [6, 6.07) is 0. The van der Waals surface area contributed by atoms with Crippen molar-refractivity contribution in [2.24, 2.45) is 0 Å².